The summed E-state index contributed by atoms with van der Waals surface area (Å²) in [6.45, 7) is -0.455. The third-order valence-corrected chi connectivity index (χ3v) is 10.5. The Bertz CT molecular complexity index is 1830. The molecule has 0 fully saturated rings. The standard InChI is InChI=1S/C31H26N2O5S2/c1-32-25-15-8-7-14-24(25)29(30(32)21-10-3-2-4-11-21)27(34)20-38-31(35)26-18-22-12-5-6-13-23(22)19-33(26)40(36,37)28-16-9-17-39-28/h2-17,26H,18-20H2,1H3/t26-/m0/s1. The van der Waals surface area contributed by atoms with Crippen molar-refractivity contribution >= 4 is 44.0 Å². The minimum atomic E-state index is -3.95. The maximum atomic E-state index is 13.7. The van der Waals surface area contributed by atoms with Gasteiger partial charge < -0.3 is 9.30 Å². The topological polar surface area (TPSA) is 85.7 Å². The van der Waals surface area contributed by atoms with E-state index in [-0.39, 0.29) is 23.0 Å². The molecule has 0 saturated carbocycles. The number of rotatable bonds is 7. The van der Waals surface area contributed by atoms with Gasteiger partial charge in [-0.2, -0.15) is 4.31 Å². The summed E-state index contributed by atoms with van der Waals surface area (Å²) in [6.07, 6.45) is 0.164. The molecule has 0 spiro atoms. The van der Waals surface area contributed by atoms with Gasteiger partial charge in [-0.25, -0.2) is 8.42 Å². The first-order valence-corrected chi connectivity index (χ1v) is 15.1. The van der Waals surface area contributed by atoms with E-state index in [1.807, 2.05) is 90.5 Å². The first-order chi connectivity index (χ1) is 19.4. The Morgan fingerprint density at radius 3 is 2.35 bits per heavy atom. The maximum absolute atomic E-state index is 13.7. The lowest BCUT2D eigenvalue weighted by Gasteiger charge is -2.34. The van der Waals surface area contributed by atoms with Gasteiger partial charge in [0.2, 0.25) is 5.78 Å². The molecule has 6 rings (SSSR count). The highest BCUT2D eigenvalue weighted by molar-refractivity contribution is 7.91. The summed E-state index contributed by atoms with van der Waals surface area (Å²) < 4.78 is 36.0. The lowest BCUT2D eigenvalue weighted by molar-refractivity contribution is -0.147. The van der Waals surface area contributed by atoms with Crippen LogP contribution >= 0.6 is 11.3 Å². The van der Waals surface area contributed by atoms with Crippen molar-refractivity contribution in [2.45, 2.75) is 23.2 Å². The normalized spacial score (nSPS) is 15.6. The van der Waals surface area contributed by atoms with Crippen LogP contribution in [0, 0.1) is 0 Å². The van der Waals surface area contributed by atoms with E-state index >= 15 is 0 Å². The second kappa shape index (κ2) is 10.5. The van der Waals surface area contributed by atoms with Crippen LogP contribution in [-0.4, -0.2) is 41.7 Å². The van der Waals surface area contributed by atoms with E-state index in [1.54, 1.807) is 11.4 Å². The fourth-order valence-corrected chi connectivity index (χ4v) is 8.07. The fraction of sp³-hybridized carbons (Fsp3) is 0.161. The second-order valence-corrected chi connectivity index (χ2v) is 12.7. The fourth-order valence-electron chi connectivity index (χ4n) is 5.39. The number of thiophene rings is 1. The number of benzene rings is 3. The summed E-state index contributed by atoms with van der Waals surface area (Å²) in [4.78, 5) is 27.2. The molecule has 3 aromatic carbocycles. The van der Waals surface area contributed by atoms with Gasteiger partial charge in [-0.1, -0.05) is 78.9 Å². The number of Topliss-reactive ketones (excluding diaryl/α,β-unsaturated/α-hetero) is 1. The van der Waals surface area contributed by atoms with Gasteiger partial charge in [0.05, 0.1) is 11.3 Å². The molecule has 0 bridgehead atoms. The Morgan fingerprint density at radius 2 is 1.60 bits per heavy atom. The number of ketones is 1. The van der Waals surface area contributed by atoms with Crippen LogP contribution in [0.4, 0.5) is 0 Å². The molecule has 0 radical (unpaired) electrons. The summed E-state index contributed by atoms with van der Waals surface area (Å²) in [5.74, 6) is -1.10. The minimum absolute atomic E-state index is 0.0472. The molecule has 3 heterocycles. The molecule has 0 aliphatic carbocycles. The van der Waals surface area contributed by atoms with E-state index in [9.17, 15) is 18.0 Å². The van der Waals surface area contributed by atoms with Crippen LogP contribution in [0.2, 0.25) is 0 Å². The van der Waals surface area contributed by atoms with E-state index in [0.29, 0.717) is 5.56 Å². The quantitative estimate of drug-likeness (QED) is 0.192. The molecule has 1 aliphatic heterocycles. The van der Waals surface area contributed by atoms with Crippen LogP contribution in [-0.2, 0) is 39.6 Å². The highest BCUT2D eigenvalue weighted by Gasteiger charge is 2.41. The van der Waals surface area contributed by atoms with Gasteiger partial charge in [0.25, 0.3) is 10.0 Å². The van der Waals surface area contributed by atoms with E-state index in [0.717, 1.165) is 44.6 Å². The number of sulfonamides is 1. The number of ether oxygens (including phenoxy) is 1. The first-order valence-electron chi connectivity index (χ1n) is 12.8. The van der Waals surface area contributed by atoms with Crippen molar-refractivity contribution in [2.75, 3.05) is 6.61 Å². The predicted molar refractivity (Wildman–Crippen MR) is 155 cm³/mol. The third-order valence-electron chi connectivity index (χ3n) is 7.31. The Kier molecular flexibility index (Phi) is 6.87. The van der Waals surface area contributed by atoms with E-state index in [1.165, 1.54) is 10.4 Å². The highest BCUT2D eigenvalue weighted by atomic mass is 32.2. The minimum Gasteiger partial charge on any atom is -0.456 e. The molecule has 7 nitrogen and oxygen atoms in total. The molecule has 9 heteroatoms. The zero-order chi connectivity index (χ0) is 27.9. The van der Waals surface area contributed by atoms with Crippen molar-refractivity contribution in [3.8, 4) is 11.3 Å². The molecule has 0 unspecified atom stereocenters. The van der Waals surface area contributed by atoms with Crippen LogP contribution in [0.3, 0.4) is 0 Å². The molecular weight excluding hydrogens is 544 g/mol. The summed E-state index contributed by atoms with van der Waals surface area (Å²) in [5, 5.41) is 2.45. The summed E-state index contributed by atoms with van der Waals surface area (Å²) in [5.41, 5.74) is 4.67. The maximum Gasteiger partial charge on any atom is 0.325 e. The SMILES string of the molecule is Cn1c(-c2ccccc2)c(C(=O)COC(=O)[C@@H]2Cc3ccccc3CN2S(=O)(=O)c2cccs2)c2ccccc21. The smallest absolute Gasteiger partial charge is 0.325 e. The van der Waals surface area contributed by atoms with Gasteiger partial charge in [-0.05, 0) is 34.2 Å². The number of fused-ring (bicyclic) bond motifs is 2. The van der Waals surface area contributed by atoms with Gasteiger partial charge >= 0.3 is 5.97 Å². The molecule has 202 valence electrons. The second-order valence-electron chi connectivity index (χ2n) is 9.67. The van der Waals surface area contributed by atoms with Crippen molar-refractivity contribution < 1.29 is 22.7 Å². The van der Waals surface area contributed by atoms with E-state index in [4.69, 9.17) is 4.74 Å². The first kappa shape index (κ1) is 26.2. The van der Waals surface area contributed by atoms with E-state index < -0.39 is 28.6 Å². The number of nitrogens with zero attached hydrogens (tertiary/aromatic N) is 2. The molecule has 2 aromatic heterocycles. The molecule has 1 atom stereocenters. The van der Waals surface area contributed by atoms with Crippen molar-refractivity contribution in [2.24, 2.45) is 7.05 Å². The number of carbonyl (C=O) groups is 2. The Labute approximate surface area is 236 Å². The largest absolute Gasteiger partial charge is 0.456 e. The van der Waals surface area contributed by atoms with Gasteiger partial charge in [0.1, 0.15) is 10.3 Å². The summed E-state index contributed by atoms with van der Waals surface area (Å²) in [6, 6.07) is 26.8. The van der Waals surface area contributed by atoms with Crippen molar-refractivity contribution in [3.63, 3.8) is 0 Å². The summed E-state index contributed by atoms with van der Waals surface area (Å²) >= 11 is 1.10. The number of aromatic nitrogens is 1. The predicted octanol–water partition coefficient (Wildman–Crippen LogP) is 5.45. The zero-order valence-corrected chi connectivity index (χ0v) is 23.3. The number of aryl methyl sites for hydroxylation is 1. The van der Waals surface area contributed by atoms with Crippen molar-refractivity contribution in [1.29, 1.82) is 0 Å². The number of hydrogen-bond donors (Lipinski definition) is 0. The van der Waals surface area contributed by atoms with Gasteiger partial charge in [0, 0.05) is 30.9 Å². The number of carbonyl (C=O) groups excluding carboxylic acids is 2. The van der Waals surface area contributed by atoms with E-state index in [2.05, 4.69) is 0 Å². The lowest BCUT2D eigenvalue weighted by Crippen LogP contribution is -2.49. The molecule has 0 amide bonds. The molecule has 40 heavy (non-hydrogen) atoms. The van der Waals surface area contributed by atoms with Crippen LogP contribution in [0.1, 0.15) is 21.5 Å². The van der Waals surface area contributed by atoms with Crippen molar-refractivity contribution in [3.05, 3.63) is 113 Å². The summed E-state index contributed by atoms with van der Waals surface area (Å²) in [7, 11) is -2.05. The number of esters is 1. The Balaban J connectivity index is 1.31. The van der Waals surface area contributed by atoms with Crippen LogP contribution in [0.5, 0.6) is 0 Å². The average molecular weight is 571 g/mol. The molecule has 0 N–H and O–H groups in total. The Morgan fingerprint density at radius 1 is 0.900 bits per heavy atom. The highest BCUT2D eigenvalue weighted by Crippen LogP contribution is 2.34. The lowest BCUT2D eigenvalue weighted by atomic mass is 9.96. The Hall–Kier alpha value is -4.05. The zero-order valence-electron chi connectivity index (χ0n) is 21.7. The van der Waals surface area contributed by atoms with Crippen molar-refractivity contribution in [1.82, 2.24) is 8.87 Å². The third kappa shape index (κ3) is 4.56. The number of hydrogen-bond acceptors (Lipinski definition) is 6. The molecular formula is C31H26N2O5S2. The molecule has 1 aliphatic rings. The average Bonchev–Trinajstić information content (AvgIpc) is 3.63. The monoisotopic (exact) mass is 570 g/mol. The molecule has 0 saturated heterocycles. The van der Waals surface area contributed by atoms with Crippen LogP contribution < -0.4 is 0 Å². The van der Waals surface area contributed by atoms with Crippen LogP contribution in [0.15, 0.2) is 101 Å². The van der Waals surface area contributed by atoms with Gasteiger partial charge in [-0.3, -0.25) is 9.59 Å². The molecule has 5 aromatic rings. The van der Waals surface area contributed by atoms with Crippen LogP contribution in [0.25, 0.3) is 22.2 Å². The number of para-hydroxylation sites is 1. The van der Waals surface area contributed by atoms with Gasteiger partial charge in [-0.15, -0.1) is 11.3 Å². The van der Waals surface area contributed by atoms with Gasteiger partial charge in [0.15, 0.2) is 6.61 Å².